The van der Waals surface area contributed by atoms with Gasteiger partial charge in [-0.25, -0.2) is 8.78 Å². The third-order valence-electron chi connectivity index (χ3n) is 10.5. The summed E-state index contributed by atoms with van der Waals surface area (Å²) in [5, 5.41) is 0. The minimum atomic E-state index is -0.574. The van der Waals surface area contributed by atoms with Gasteiger partial charge in [-0.05, 0) is 100 Å². The largest absolute Gasteiger partial charge is 0.453 e. The summed E-state index contributed by atoms with van der Waals surface area (Å²) in [5.74, 6) is 2.11. The van der Waals surface area contributed by atoms with Crippen LogP contribution in [-0.2, 0) is 10.8 Å². The van der Waals surface area contributed by atoms with Crippen LogP contribution in [0, 0.1) is 11.6 Å². The molecule has 0 bridgehead atoms. The third-order valence-corrected chi connectivity index (χ3v) is 10.5. The van der Waals surface area contributed by atoms with Gasteiger partial charge in [-0.2, -0.15) is 0 Å². The molecule has 0 fully saturated rings. The molecule has 0 saturated heterocycles. The molecule has 278 valence electrons. The zero-order valence-corrected chi connectivity index (χ0v) is 32.3. The number of fused-ring (bicyclic) bond motifs is 4. The number of hydrogen-bond donors (Lipinski definition) is 0. The van der Waals surface area contributed by atoms with Gasteiger partial charge in [0, 0.05) is 16.7 Å². The van der Waals surface area contributed by atoms with Gasteiger partial charge in [0.15, 0.2) is 23.0 Å². The molecule has 0 atom stereocenters. The van der Waals surface area contributed by atoms with Gasteiger partial charge in [0.25, 0.3) is 0 Å². The number of benzene rings is 7. The highest BCUT2D eigenvalue weighted by atomic mass is 19.1. The normalized spacial score (nSPS) is 13.2. The summed E-state index contributed by atoms with van der Waals surface area (Å²) in [7, 11) is 0. The van der Waals surface area contributed by atoms with Crippen LogP contribution in [0.3, 0.4) is 0 Å². The Morgan fingerprint density at radius 3 is 1.02 bits per heavy atom. The van der Waals surface area contributed by atoms with Gasteiger partial charge >= 0.3 is 0 Å². The van der Waals surface area contributed by atoms with E-state index < -0.39 is 10.8 Å². The van der Waals surface area contributed by atoms with E-state index in [-0.39, 0.29) is 11.6 Å². The van der Waals surface area contributed by atoms with Crippen LogP contribution < -0.4 is 19.3 Å². The van der Waals surface area contributed by atoms with Crippen molar-refractivity contribution in [1.82, 2.24) is 0 Å². The second kappa shape index (κ2) is 13.1. The Morgan fingerprint density at radius 1 is 0.393 bits per heavy atom. The van der Waals surface area contributed by atoms with Crippen LogP contribution in [0.15, 0.2) is 146 Å². The number of anilines is 6. The van der Waals surface area contributed by atoms with Crippen LogP contribution in [0.5, 0.6) is 23.0 Å². The molecule has 0 amide bonds. The number of para-hydroxylation sites is 8. The maximum Gasteiger partial charge on any atom is 0.151 e. The molecule has 2 aliphatic heterocycles. The Labute approximate surface area is 327 Å². The van der Waals surface area contributed by atoms with E-state index in [4.69, 9.17) is 9.47 Å². The third kappa shape index (κ3) is 5.79. The number of nitrogens with zero attached hydrogens (tertiary/aromatic N) is 2. The number of ether oxygens (including phenoxy) is 2. The van der Waals surface area contributed by atoms with Crippen LogP contribution in [-0.4, -0.2) is 0 Å². The number of hydrogen-bond acceptors (Lipinski definition) is 4. The molecule has 9 rings (SSSR count). The van der Waals surface area contributed by atoms with E-state index >= 15 is 8.78 Å². The van der Waals surface area contributed by atoms with Crippen molar-refractivity contribution in [2.24, 2.45) is 0 Å². The van der Waals surface area contributed by atoms with Crippen molar-refractivity contribution < 1.29 is 18.3 Å². The van der Waals surface area contributed by atoms with Gasteiger partial charge in [-0.3, -0.25) is 0 Å². The lowest BCUT2D eigenvalue weighted by Gasteiger charge is -2.45. The van der Waals surface area contributed by atoms with Gasteiger partial charge in [0.05, 0.1) is 34.1 Å². The lowest BCUT2D eigenvalue weighted by Crippen LogP contribution is -2.29. The van der Waals surface area contributed by atoms with Gasteiger partial charge in [0.2, 0.25) is 0 Å². The van der Waals surface area contributed by atoms with Crippen LogP contribution >= 0.6 is 0 Å². The fourth-order valence-corrected chi connectivity index (χ4v) is 8.37. The molecule has 56 heavy (non-hydrogen) atoms. The first-order chi connectivity index (χ1) is 26.9. The van der Waals surface area contributed by atoms with Gasteiger partial charge < -0.3 is 19.3 Å². The SMILES string of the molecule is CC(C)(C)c1c(-c2cccc(F)c2)c(N2c3ccccc3Oc3ccccc32)c(C(C)(C)C)c(N2c3ccccc3Oc3ccccc32)c1-c1cccc(F)c1. The molecular weight excluding hydrogens is 699 g/mol. The predicted molar refractivity (Wildman–Crippen MR) is 224 cm³/mol. The van der Waals surface area contributed by atoms with E-state index in [2.05, 4.69) is 75.6 Å². The highest BCUT2D eigenvalue weighted by Crippen LogP contribution is 2.64. The molecule has 0 radical (unpaired) electrons. The first-order valence-corrected chi connectivity index (χ1v) is 19.0. The second-order valence-electron chi connectivity index (χ2n) is 16.5. The van der Waals surface area contributed by atoms with Crippen molar-refractivity contribution in [1.29, 1.82) is 0 Å². The Balaban J connectivity index is 1.60. The molecule has 0 aliphatic carbocycles. The first-order valence-electron chi connectivity index (χ1n) is 19.0. The summed E-state index contributed by atoms with van der Waals surface area (Å²) in [6, 6.07) is 45.9. The summed E-state index contributed by atoms with van der Waals surface area (Å²) in [4.78, 5) is 4.59. The minimum absolute atomic E-state index is 0.346. The first kappa shape index (κ1) is 35.3. The zero-order valence-electron chi connectivity index (χ0n) is 32.3. The standard InChI is InChI=1S/C50H42F2N2O2/c1-49(2,3)45-43(31-17-15-19-33(51)29-31)47(53-35-21-7-11-25-39(35)55-40-26-12-8-22-36(40)53)46(50(4,5)6)48(44(45)32-18-16-20-34(52)30-32)54-37-23-9-13-27-41(37)56-42-28-14-10-24-38(42)54/h7-30H,1-6H3. The summed E-state index contributed by atoms with van der Waals surface area (Å²) in [6.45, 7) is 13.2. The highest BCUT2D eigenvalue weighted by Gasteiger charge is 2.43. The van der Waals surface area contributed by atoms with Crippen LogP contribution in [0.25, 0.3) is 22.3 Å². The van der Waals surface area contributed by atoms with Crippen LogP contribution in [0.4, 0.5) is 42.9 Å². The molecule has 6 heteroatoms. The quantitative estimate of drug-likeness (QED) is 0.179. The Bertz CT molecular complexity index is 2410. The van der Waals surface area contributed by atoms with Crippen molar-refractivity contribution in [2.45, 2.75) is 52.4 Å². The molecule has 2 aliphatic rings. The Morgan fingerprint density at radius 2 is 0.714 bits per heavy atom. The lowest BCUT2D eigenvalue weighted by molar-refractivity contribution is 0.476. The second-order valence-corrected chi connectivity index (χ2v) is 16.5. The molecule has 0 N–H and O–H groups in total. The van der Waals surface area contributed by atoms with Gasteiger partial charge in [-0.1, -0.05) is 114 Å². The fourth-order valence-electron chi connectivity index (χ4n) is 8.37. The topological polar surface area (TPSA) is 24.9 Å². The maximum absolute atomic E-state index is 15.7. The van der Waals surface area contributed by atoms with Crippen LogP contribution in [0.2, 0.25) is 0 Å². The minimum Gasteiger partial charge on any atom is -0.453 e. The summed E-state index contributed by atoms with van der Waals surface area (Å²) in [6.07, 6.45) is 0. The molecule has 7 aromatic carbocycles. The van der Waals surface area contributed by atoms with E-state index in [9.17, 15) is 0 Å². The molecule has 0 spiro atoms. The van der Waals surface area contributed by atoms with Crippen molar-refractivity contribution in [2.75, 3.05) is 9.80 Å². The summed E-state index contributed by atoms with van der Waals surface area (Å²) in [5.41, 5.74) is 9.06. The van der Waals surface area contributed by atoms with E-state index in [1.807, 2.05) is 84.9 Å². The summed E-state index contributed by atoms with van der Waals surface area (Å²) >= 11 is 0. The van der Waals surface area contributed by atoms with Crippen molar-refractivity contribution in [3.63, 3.8) is 0 Å². The van der Waals surface area contributed by atoms with Gasteiger partial charge in [0.1, 0.15) is 11.6 Å². The zero-order chi connectivity index (χ0) is 38.9. The van der Waals surface area contributed by atoms with E-state index in [1.165, 1.54) is 12.1 Å². The molecular formula is C50H42F2N2O2. The maximum atomic E-state index is 15.7. The number of halogens is 2. The Hall–Kier alpha value is -6.40. The molecule has 7 aromatic rings. The fraction of sp³-hybridized carbons (Fsp3) is 0.160. The van der Waals surface area contributed by atoms with Crippen LogP contribution in [0.1, 0.15) is 52.7 Å². The highest BCUT2D eigenvalue weighted by molar-refractivity contribution is 6.07. The van der Waals surface area contributed by atoms with Crippen molar-refractivity contribution in [3.8, 4) is 45.3 Å². The van der Waals surface area contributed by atoms with Crippen molar-refractivity contribution >= 4 is 34.1 Å². The smallest absolute Gasteiger partial charge is 0.151 e. The van der Waals surface area contributed by atoms with E-state index in [1.54, 1.807) is 24.3 Å². The predicted octanol–water partition coefficient (Wildman–Crippen LogP) is 15.0. The van der Waals surface area contributed by atoms with Crippen molar-refractivity contribution in [3.05, 3.63) is 168 Å². The van der Waals surface area contributed by atoms with E-state index in [0.29, 0.717) is 34.1 Å². The number of rotatable bonds is 4. The monoisotopic (exact) mass is 740 g/mol. The molecule has 0 saturated carbocycles. The average molecular weight is 741 g/mol. The Kier molecular flexibility index (Phi) is 8.28. The molecule has 4 nitrogen and oxygen atoms in total. The van der Waals surface area contributed by atoms with E-state index in [0.717, 1.165) is 56.4 Å². The molecule has 0 unspecified atom stereocenters. The molecule has 0 aromatic heterocycles. The van der Waals surface area contributed by atoms with Gasteiger partial charge in [-0.15, -0.1) is 0 Å². The molecule has 2 heterocycles. The average Bonchev–Trinajstić information content (AvgIpc) is 3.17. The lowest BCUT2D eigenvalue weighted by atomic mass is 9.70. The summed E-state index contributed by atoms with van der Waals surface area (Å²) < 4.78 is 44.7.